The molecule has 0 saturated carbocycles. The van der Waals surface area contributed by atoms with Crippen LogP contribution < -0.4 is 4.74 Å². The van der Waals surface area contributed by atoms with Crippen molar-refractivity contribution in [1.29, 1.82) is 0 Å². The lowest BCUT2D eigenvalue weighted by molar-refractivity contribution is 0.107. The summed E-state index contributed by atoms with van der Waals surface area (Å²) in [6.07, 6.45) is 1.73. The van der Waals surface area contributed by atoms with Crippen LogP contribution in [0.4, 0.5) is 0 Å². The van der Waals surface area contributed by atoms with Gasteiger partial charge in [-0.2, -0.15) is 0 Å². The maximum atomic E-state index is 5.84. The van der Waals surface area contributed by atoms with Gasteiger partial charge in [0.2, 0.25) is 0 Å². The lowest BCUT2D eigenvalue weighted by atomic mass is 10.1. The van der Waals surface area contributed by atoms with Gasteiger partial charge in [0.05, 0.1) is 5.69 Å². The highest BCUT2D eigenvalue weighted by molar-refractivity contribution is 6.30. The number of ether oxygens (including phenoxy) is 1. The molecule has 25 heavy (non-hydrogen) atoms. The standard InChI is InChI=1S/C20H17ClN2O2/c21-17-9-11-18(12-10-17)24-14-15-25-23-20(16-6-2-1-3-7-16)19-8-4-5-13-22-19/h1-13H,14-15H2. The minimum atomic E-state index is 0.325. The van der Waals surface area contributed by atoms with Crippen molar-refractivity contribution in [3.63, 3.8) is 0 Å². The van der Waals surface area contributed by atoms with E-state index in [0.29, 0.717) is 23.9 Å². The molecule has 0 fully saturated rings. The first-order chi connectivity index (χ1) is 12.3. The molecular formula is C20H17ClN2O2. The van der Waals surface area contributed by atoms with Gasteiger partial charge in [0.1, 0.15) is 18.1 Å². The highest BCUT2D eigenvalue weighted by Crippen LogP contribution is 2.15. The van der Waals surface area contributed by atoms with Crippen molar-refractivity contribution >= 4 is 17.3 Å². The van der Waals surface area contributed by atoms with Crippen LogP contribution in [0.5, 0.6) is 5.75 Å². The van der Waals surface area contributed by atoms with Crippen LogP contribution in [0.3, 0.4) is 0 Å². The summed E-state index contributed by atoms with van der Waals surface area (Å²) in [6.45, 7) is 0.710. The van der Waals surface area contributed by atoms with E-state index in [4.69, 9.17) is 21.2 Å². The molecule has 0 N–H and O–H groups in total. The number of pyridine rings is 1. The lowest BCUT2D eigenvalue weighted by Crippen LogP contribution is -2.09. The number of hydrogen-bond acceptors (Lipinski definition) is 4. The zero-order valence-electron chi connectivity index (χ0n) is 13.5. The first kappa shape index (κ1) is 17.0. The Bertz CT molecular complexity index is 765. The Morgan fingerprint density at radius 3 is 2.36 bits per heavy atom. The van der Waals surface area contributed by atoms with Crippen molar-refractivity contribution < 1.29 is 9.57 Å². The fourth-order valence-corrected chi connectivity index (χ4v) is 2.31. The van der Waals surface area contributed by atoms with Gasteiger partial charge in [-0.3, -0.25) is 4.98 Å². The zero-order valence-corrected chi connectivity index (χ0v) is 14.3. The number of nitrogens with zero attached hydrogens (tertiary/aromatic N) is 2. The molecule has 0 radical (unpaired) electrons. The molecular weight excluding hydrogens is 336 g/mol. The summed E-state index contributed by atoms with van der Waals surface area (Å²) >= 11 is 5.84. The molecule has 0 amide bonds. The quantitative estimate of drug-likeness (QED) is 0.355. The van der Waals surface area contributed by atoms with Gasteiger partial charge >= 0.3 is 0 Å². The van der Waals surface area contributed by atoms with Crippen LogP contribution in [-0.4, -0.2) is 23.9 Å². The molecule has 0 bridgehead atoms. The molecule has 3 aromatic rings. The molecule has 0 aliphatic heterocycles. The summed E-state index contributed by atoms with van der Waals surface area (Å²) in [5.41, 5.74) is 2.39. The summed E-state index contributed by atoms with van der Waals surface area (Å²) in [7, 11) is 0. The zero-order chi connectivity index (χ0) is 17.3. The molecule has 5 heteroatoms. The van der Waals surface area contributed by atoms with Crippen molar-refractivity contribution in [2.75, 3.05) is 13.2 Å². The van der Waals surface area contributed by atoms with E-state index in [2.05, 4.69) is 10.1 Å². The second kappa shape index (κ2) is 8.85. The molecule has 1 heterocycles. The van der Waals surface area contributed by atoms with Gasteiger partial charge in [-0.25, -0.2) is 0 Å². The minimum absolute atomic E-state index is 0.325. The maximum Gasteiger partial charge on any atom is 0.151 e. The molecule has 0 spiro atoms. The van der Waals surface area contributed by atoms with Crippen LogP contribution in [0.15, 0.2) is 84.1 Å². The van der Waals surface area contributed by atoms with Crippen molar-refractivity contribution in [2.24, 2.45) is 5.16 Å². The molecule has 2 aromatic carbocycles. The van der Waals surface area contributed by atoms with E-state index in [0.717, 1.165) is 17.0 Å². The third kappa shape index (κ3) is 5.06. The number of rotatable bonds is 7. The molecule has 0 saturated heterocycles. The molecule has 0 unspecified atom stereocenters. The number of halogens is 1. The van der Waals surface area contributed by atoms with E-state index in [1.165, 1.54) is 0 Å². The largest absolute Gasteiger partial charge is 0.490 e. The van der Waals surface area contributed by atoms with Crippen LogP contribution in [0, 0.1) is 0 Å². The highest BCUT2D eigenvalue weighted by atomic mass is 35.5. The third-order valence-electron chi connectivity index (χ3n) is 3.37. The summed E-state index contributed by atoms with van der Waals surface area (Å²) < 4.78 is 5.59. The van der Waals surface area contributed by atoms with Gasteiger partial charge in [0.15, 0.2) is 6.61 Å². The SMILES string of the molecule is Clc1ccc(OCCON=C(c2ccccc2)c2ccccn2)cc1. The number of aromatic nitrogens is 1. The highest BCUT2D eigenvalue weighted by Gasteiger charge is 2.08. The molecule has 126 valence electrons. The smallest absolute Gasteiger partial charge is 0.151 e. The van der Waals surface area contributed by atoms with Crippen LogP contribution in [0.25, 0.3) is 0 Å². The van der Waals surface area contributed by atoms with E-state index in [-0.39, 0.29) is 0 Å². The Morgan fingerprint density at radius 1 is 0.880 bits per heavy atom. The van der Waals surface area contributed by atoms with Gasteiger partial charge in [0, 0.05) is 16.8 Å². The van der Waals surface area contributed by atoms with E-state index in [1.54, 1.807) is 18.3 Å². The maximum absolute atomic E-state index is 5.84. The third-order valence-corrected chi connectivity index (χ3v) is 3.62. The molecule has 3 rings (SSSR count). The first-order valence-electron chi connectivity index (χ1n) is 7.88. The Labute approximate surface area is 151 Å². The van der Waals surface area contributed by atoms with Crippen molar-refractivity contribution in [1.82, 2.24) is 4.98 Å². The normalized spacial score (nSPS) is 11.2. The fourth-order valence-electron chi connectivity index (χ4n) is 2.18. The predicted octanol–water partition coefficient (Wildman–Crippen LogP) is 4.58. The van der Waals surface area contributed by atoms with Gasteiger partial charge in [-0.1, -0.05) is 53.2 Å². The van der Waals surface area contributed by atoms with Gasteiger partial charge in [0.25, 0.3) is 0 Å². The summed E-state index contributed by atoms with van der Waals surface area (Å²) in [4.78, 5) is 9.80. The lowest BCUT2D eigenvalue weighted by Gasteiger charge is -2.08. The summed E-state index contributed by atoms with van der Waals surface area (Å²) in [6, 6.07) is 22.7. The first-order valence-corrected chi connectivity index (χ1v) is 8.26. The summed E-state index contributed by atoms with van der Waals surface area (Å²) in [5.74, 6) is 0.741. The van der Waals surface area contributed by atoms with Gasteiger partial charge in [-0.05, 0) is 36.4 Å². The molecule has 0 atom stereocenters. The van der Waals surface area contributed by atoms with Gasteiger partial charge in [-0.15, -0.1) is 0 Å². The van der Waals surface area contributed by atoms with Crippen molar-refractivity contribution in [3.05, 3.63) is 95.3 Å². The Kier molecular flexibility index (Phi) is 6.01. The second-order valence-corrected chi connectivity index (χ2v) is 5.59. The average Bonchev–Trinajstić information content (AvgIpc) is 2.67. The molecule has 0 aliphatic carbocycles. The van der Waals surface area contributed by atoms with E-state index < -0.39 is 0 Å². The van der Waals surface area contributed by atoms with E-state index in [1.807, 2.05) is 60.7 Å². The molecule has 1 aromatic heterocycles. The topological polar surface area (TPSA) is 43.7 Å². The Balaban J connectivity index is 1.62. The minimum Gasteiger partial charge on any atom is -0.490 e. The van der Waals surface area contributed by atoms with E-state index >= 15 is 0 Å². The molecule has 4 nitrogen and oxygen atoms in total. The fraction of sp³-hybridized carbons (Fsp3) is 0.100. The second-order valence-electron chi connectivity index (χ2n) is 5.16. The van der Waals surface area contributed by atoms with Crippen LogP contribution in [-0.2, 0) is 4.84 Å². The van der Waals surface area contributed by atoms with E-state index in [9.17, 15) is 0 Å². The van der Waals surface area contributed by atoms with Crippen molar-refractivity contribution in [3.8, 4) is 5.75 Å². The Morgan fingerprint density at radius 2 is 1.64 bits per heavy atom. The van der Waals surface area contributed by atoms with Crippen LogP contribution in [0.2, 0.25) is 5.02 Å². The molecule has 0 aliphatic rings. The summed E-state index contributed by atoms with van der Waals surface area (Å²) in [5, 5.41) is 4.94. The monoisotopic (exact) mass is 352 g/mol. The number of oxime groups is 1. The predicted molar refractivity (Wildman–Crippen MR) is 99.2 cm³/mol. The Hall–Kier alpha value is -2.85. The van der Waals surface area contributed by atoms with Gasteiger partial charge < -0.3 is 9.57 Å². The number of hydrogen-bond donors (Lipinski definition) is 0. The number of benzene rings is 2. The van der Waals surface area contributed by atoms with Crippen LogP contribution in [0.1, 0.15) is 11.3 Å². The average molecular weight is 353 g/mol. The van der Waals surface area contributed by atoms with Crippen LogP contribution >= 0.6 is 11.6 Å². The van der Waals surface area contributed by atoms with Crippen molar-refractivity contribution in [2.45, 2.75) is 0 Å².